The number of carbonyl (C=O) groups excluding carboxylic acids is 2. The first-order valence-corrected chi connectivity index (χ1v) is 8.08. The Morgan fingerprint density at radius 2 is 2.29 bits per heavy atom. The van der Waals surface area contributed by atoms with Gasteiger partial charge in [0.25, 0.3) is 0 Å². The van der Waals surface area contributed by atoms with Crippen molar-refractivity contribution in [2.45, 2.75) is 13.3 Å². The first-order chi connectivity index (χ1) is 10.1. The van der Waals surface area contributed by atoms with Crippen molar-refractivity contribution in [2.24, 2.45) is 5.92 Å². The van der Waals surface area contributed by atoms with Crippen LogP contribution in [0.5, 0.6) is 0 Å². The summed E-state index contributed by atoms with van der Waals surface area (Å²) >= 11 is 3.43. The molecule has 1 fully saturated rings. The minimum atomic E-state index is -0.370. The van der Waals surface area contributed by atoms with Crippen LogP contribution in [0.1, 0.15) is 23.7 Å². The fourth-order valence-electron chi connectivity index (χ4n) is 2.43. The zero-order chi connectivity index (χ0) is 15.4. The summed E-state index contributed by atoms with van der Waals surface area (Å²) in [6.07, 6.45) is 0.526. The zero-order valence-corrected chi connectivity index (χ0v) is 13.8. The number of halogens is 1. The highest BCUT2D eigenvalue weighted by Crippen LogP contribution is 2.33. The number of benzene rings is 1. The van der Waals surface area contributed by atoms with Crippen molar-refractivity contribution in [3.05, 3.63) is 23.8 Å². The quantitative estimate of drug-likeness (QED) is 0.652. The average Bonchev–Trinajstić information content (AvgIpc) is 2.87. The largest absolute Gasteiger partial charge is 0.462 e. The number of esters is 1. The van der Waals surface area contributed by atoms with Gasteiger partial charge >= 0.3 is 5.97 Å². The standard InChI is InChI=1S/C15H19BrN2O3/c1-3-21-15(20)11-4-5-12(17-2)13(7-11)18-9-10(8-16)6-14(18)19/h4-5,7,10,17H,3,6,8-9H2,1-2H3. The molecule has 1 saturated heterocycles. The third-order valence-electron chi connectivity index (χ3n) is 3.49. The molecule has 6 heteroatoms. The maximum atomic E-state index is 12.2. The molecule has 1 heterocycles. The lowest BCUT2D eigenvalue weighted by Crippen LogP contribution is -2.26. The van der Waals surface area contributed by atoms with Gasteiger partial charge in [-0.1, -0.05) is 15.9 Å². The molecule has 1 unspecified atom stereocenters. The lowest BCUT2D eigenvalue weighted by molar-refractivity contribution is -0.117. The van der Waals surface area contributed by atoms with E-state index < -0.39 is 0 Å². The molecule has 0 radical (unpaired) electrons. The second-order valence-electron chi connectivity index (χ2n) is 4.93. The van der Waals surface area contributed by atoms with E-state index in [1.165, 1.54) is 0 Å². The van der Waals surface area contributed by atoms with Gasteiger partial charge in [0.1, 0.15) is 0 Å². The number of alkyl halides is 1. The van der Waals surface area contributed by atoms with Gasteiger partial charge in [-0.15, -0.1) is 0 Å². The summed E-state index contributed by atoms with van der Waals surface area (Å²) in [5.41, 5.74) is 2.02. The first-order valence-electron chi connectivity index (χ1n) is 6.96. The van der Waals surface area contributed by atoms with Crippen LogP contribution in [0, 0.1) is 5.92 Å². The van der Waals surface area contributed by atoms with Crippen molar-refractivity contribution in [1.29, 1.82) is 0 Å². The molecule has 1 aliphatic rings. The number of ether oxygens (including phenoxy) is 1. The predicted octanol–water partition coefficient (Wildman–Crippen LogP) is 2.65. The van der Waals surface area contributed by atoms with E-state index in [9.17, 15) is 9.59 Å². The molecule has 0 aromatic heterocycles. The van der Waals surface area contributed by atoms with Crippen LogP contribution in [0.15, 0.2) is 18.2 Å². The summed E-state index contributed by atoms with van der Waals surface area (Å²) < 4.78 is 5.02. The predicted molar refractivity (Wildman–Crippen MR) is 86.2 cm³/mol. The van der Waals surface area contributed by atoms with E-state index in [0.717, 1.165) is 16.7 Å². The molecule has 1 atom stereocenters. The zero-order valence-electron chi connectivity index (χ0n) is 12.2. The average molecular weight is 355 g/mol. The third-order valence-corrected chi connectivity index (χ3v) is 4.41. The highest BCUT2D eigenvalue weighted by molar-refractivity contribution is 9.09. The van der Waals surface area contributed by atoms with Crippen LogP contribution in [0.3, 0.4) is 0 Å². The molecular weight excluding hydrogens is 336 g/mol. The van der Waals surface area contributed by atoms with E-state index in [1.807, 2.05) is 0 Å². The monoisotopic (exact) mass is 354 g/mol. The Balaban J connectivity index is 2.34. The Bertz CT molecular complexity index is 548. The van der Waals surface area contributed by atoms with Crippen molar-refractivity contribution in [3.63, 3.8) is 0 Å². The molecule has 0 bridgehead atoms. The van der Waals surface area contributed by atoms with Crippen LogP contribution >= 0.6 is 15.9 Å². The molecule has 21 heavy (non-hydrogen) atoms. The van der Waals surface area contributed by atoms with Gasteiger partial charge in [0.2, 0.25) is 5.91 Å². The van der Waals surface area contributed by atoms with Crippen LogP contribution in [-0.4, -0.2) is 37.4 Å². The van der Waals surface area contributed by atoms with E-state index in [-0.39, 0.29) is 11.9 Å². The van der Waals surface area contributed by atoms with Gasteiger partial charge < -0.3 is 15.0 Å². The van der Waals surface area contributed by atoms with Gasteiger partial charge in [-0.25, -0.2) is 4.79 Å². The molecule has 0 spiro atoms. The summed E-state index contributed by atoms with van der Waals surface area (Å²) in [6.45, 7) is 2.76. The highest BCUT2D eigenvalue weighted by atomic mass is 79.9. The van der Waals surface area contributed by atoms with Crippen LogP contribution in [-0.2, 0) is 9.53 Å². The van der Waals surface area contributed by atoms with Crippen LogP contribution < -0.4 is 10.2 Å². The van der Waals surface area contributed by atoms with Crippen molar-refractivity contribution in [3.8, 4) is 0 Å². The molecule has 2 rings (SSSR count). The smallest absolute Gasteiger partial charge is 0.338 e. The van der Waals surface area contributed by atoms with Crippen molar-refractivity contribution in [1.82, 2.24) is 0 Å². The Hall–Kier alpha value is -1.56. The number of nitrogens with zero attached hydrogens (tertiary/aromatic N) is 1. The van der Waals surface area contributed by atoms with Crippen molar-refractivity contribution in [2.75, 3.05) is 35.7 Å². The fraction of sp³-hybridized carbons (Fsp3) is 0.467. The Labute approximate surface area is 132 Å². The molecule has 1 aromatic rings. The molecule has 114 valence electrons. The number of hydrogen-bond donors (Lipinski definition) is 1. The molecule has 1 N–H and O–H groups in total. The highest BCUT2D eigenvalue weighted by Gasteiger charge is 2.31. The summed E-state index contributed by atoms with van der Waals surface area (Å²) in [6, 6.07) is 5.23. The minimum absolute atomic E-state index is 0.0805. The van der Waals surface area contributed by atoms with E-state index in [4.69, 9.17) is 4.74 Å². The van der Waals surface area contributed by atoms with Crippen molar-refractivity contribution < 1.29 is 14.3 Å². The molecule has 0 aliphatic carbocycles. The number of nitrogens with one attached hydrogen (secondary N) is 1. The lowest BCUT2D eigenvalue weighted by atomic mass is 10.1. The van der Waals surface area contributed by atoms with Gasteiger partial charge in [-0.3, -0.25) is 4.79 Å². The first kappa shape index (κ1) is 15.8. The normalized spacial score (nSPS) is 18.0. The SMILES string of the molecule is CCOC(=O)c1ccc(NC)c(N2CC(CBr)CC2=O)c1. The van der Waals surface area contributed by atoms with Gasteiger partial charge in [-0.2, -0.15) is 0 Å². The van der Waals surface area contributed by atoms with Gasteiger partial charge in [0.15, 0.2) is 0 Å². The second kappa shape index (κ2) is 6.93. The fourth-order valence-corrected chi connectivity index (χ4v) is 2.86. The van der Waals surface area contributed by atoms with E-state index in [0.29, 0.717) is 31.1 Å². The van der Waals surface area contributed by atoms with Gasteiger partial charge in [-0.05, 0) is 31.0 Å². The van der Waals surface area contributed by atoms with Gasteiger partial charge in [0.05, 0.1) is 23.5 Å². The summed E-state index contributed by atoms with van der Waals surface area (Å²) in [5.74, 6) is 0.00973. The molecule has 1 amide bonds. The maximum Gasteiger partial charge on any atom is 0.338 e. The van der Waals surface area contributed by atoms with E-state index >= 15 is 0 Å². The van der Waals surface area contributed by atoms with E-state index in [2.05, 4.69) is 21.2 Å². The number of amides is 1. The number of carbonyl (C=O) groups is 2. The van der Waals surface area contributed by atoms with Crippen molar-refractivity contribution >= 4 is 39.2 Å². The molecule has 1 aromatic carbocycles. The Kier molecular flexibility index (Phi) is 5.22. The van der Waals surface area contributed by atoms with Crippen LogP contribution in [0.2, 0.25) is 0 Å². The van der Waals surface area contributed by atoms with Crippen LogP contribution in [0.25, 0.3) is 0 Å². The third kappa shape index (κ3) is 3.37. The molecule has 5 nitrogen and oxygen atoms in total. The maximum absolute atomic E-state index is 12.2. The summed E-state index contributed by atoms with van der Waals surface area (Å²) in [4.78, 5) is 25.8. The second-order valence-corrected chi connectivity index (χ2v) is 5.58. The van der Waals surface area contributed by atoms with E-state index in [1.54, 1.807) is 37.1 Å². The van der Waals surface area contributed by atoms with Crippen LogP contribution in [0.4, 0.5) is 11.4 Å². The number of rotatable bonds is 5. The molecular formula is C15H19BrN2O3. The Morgan fingerprint density at radius 1 is 1.52 bits per heavy atom. The lowest BCUT2D eigenvalue weighted by Gasteiger charge is -2.21. The summed E-state index contributed by atoms with van der Waals surface area (Å²) in [5, 5.41) is 3.86. The minimum Gasteiger partial charge on any atom is -0.462 e. The Morgan fingerprint density at radius 3 is 2.86 bits per heavy atom. The van der Waals surface area contributed by atoms with Gasteiger partial charge in [0, 0.05) is 25.3 Å². The number of anilines is 2. The summed E-state index contributed by atoms with van der Waals surface area (Å²) in [7, 11) is 1.80. The molecule has 1 aliphatic heterocycles. The molecule has 0 saturated carbocycles. The number of hydrogen-bond acceptors (Lipinski definition) is 4. The topological polar surface area (TPSA) is 58.6 Å².